The van der Waals surface area contributed by atoms with Crippen LogP contribution in [0.1, 0.15) is 43.5 Å². The molecule has 1 aliphatic heterocycles. The summed E-state index contributed by atoms with van der Waals surface area (Å²) in [5.74, 6) is -0.766. The summed E-state index contributed by atoms with van der Waals surface area (Å²) < 4.78 is 20.5. The van der Waals surface area contributed by atoms with E-state index in [0.29, 0.717) is 41.4 Å². The van der Waals surface area contributed by atoms with Crippen LogP contribution in [-0.4, -0.2) is 65.2 Å². The Morgan fingerprint density at radius 3 is 2.66 bits per heavy atom. The summed E-state index contributed by atoms with van der Waals surface area (Å²) in [6.07, 6.45) is 4.52. The maximum Gasteiger partial charge on any atom is 0.407 e. The van der Waals surface area contributed by atoms with Gasteiger partial charge in [-0.3, -0.25) is 28.9 Å². The van der Waals surface area contributed by atoms with Crippen molar-refractivity contribution in [1.29, 1.82) is 0 Å². The Labute approximate surface area is 243 Å². The number of aromatic nitrogens is 2. The third-order valence-electron chi connectivity index (χ3n) is 6.53. The second-order valence-corrected chi connectivity index (χ2v) is 10.8. The number of nitrogens with zero attached hydrogens (tertiary/aromatic N) is 4. The molecule has 0 aliphatic carbocycles. The number of hydrogen-bond acceptors (Lipinski definition) is 7. The molecule has 0 fully saturated rings. The van der Waals surface area contributed by atoms with Gasteiger partial charge in [-0.25, -0.2) is 9.18 Å². The number of alkyl carbamates (subject to hydrolysis) is 1. The lowest BCUT2D eigenvalue weighted by molar-refractivity contribution is -0.123. The van der Waals surface area contributed by atoms with Crippen molar-refractivity contribution in [2.45, 2.75) is 58.5 Å². The molecule has 0 bridgehead atoms. The maximum atomic E-state index is 14.5. The van der Waals surface area contributed by atoms with Crippen LogP contribution in [0.4, 0.5) is 14.9 Å². The van der Waals surface area contributed by atoms with Gasteiger partial charge in [-0.2, -0.15) is 0 Å². The highest BCUT2D eigenvalue weighted by molar-refractivity contribution is 6.29. The average molecular weight is 588 g/mol. The average Bonchev–Trinajstić information content (AvgIpc) is 3.36. The minimum absolute atomic E-state index is 0.0173. The van der Waals surface area contributed by atoms with Gasteiger partial charge in [0.05, 0.1) is 37.3 Å². The molecule has 2 amide bonds. The first-order chi connectivity index (χ1) is 19.4. The Hall–Kier alpha value is -3.86. The molecule has 0 aromatic carbocycles. The Kier molecular flexibility index (Phi) is 10.9. The Morgan fingerprint density at radius 2 is 2.00 bits per heavy atom. The fourth-order valence-electron chi connectivity index (χ4n) is 4.38. The molecule has 41 heavy (non-hydrogen) atoms. The van der Waals surface area contributed by atoms with Crippen molar-refractivity contribution in [3.8, 4) is 0 Å². The van der Waals surface area contributed by atoms with Crippen molar-refractivity contribution in [3.63, 3.8) is 0 Å². The van der Waals surface area contributed by atoms with E-state index in [1.54, 1.807) is 20.2 Å². The largest absolute Gasteiger partial charge is 0.453 e. The van der Waals surface area contributed by atoms with E-state index in [1.165, 1.54) is 41.0 Å². The summed E-state index contributed by atoms with van der Waals surface area (Å²) in [6, 6.07) is 2.03. The summed E-state index contributed by atoms with van der Waals surface area (Å²) >= 11 is 6.37. The number of allylic oxidation sites excluding steroid dienone is 1. The number of rotatable bonds is 12. The molecule has 1 aliphatic rings. The highest BCUT2D eigenvalue weighted by atomic mass is 35.5. The molecule has 3 heterocycles. The highest BCUT2D eigenvalue weighted by Crippen LogP contribution is 2.33. The van der Waals surface area contributed by atoms with E-state index in [1.807, 2.05) is 13.8 Å². The molecule has 0 spiro atoms. The van der Waals surface area contributed by atoms with Gasteiger partial charge in [0.15, 0.2) is 5.78 Å². The highest BCUT2D eigenvalue weighted by Gasteiger charge is 2.25. The number of ether oxygens (including phenoxy) is 1. The number of carbonyl (C=O) groups excluding carboxylic acids is 3. The molecule has 0 saturated carbocycles. The number of aliphatic imine (C=N–C) groups is 1. The number of methoxy groups -OCH3 is 1. The van der Waals surface area contributed by atoms with Crippen molar-refractivity contribution < 1.29 is 23.5 Å². The van der Waals surface area contributed by atoms with Gasteiger partial charge >= 0.3 is 6.09 Å². The molecule has 0 unspecified atom stereocenters. The molecule has 220 valence electrons. The van der Waals surface area contributed by atoms with Gasteiger partial charge in [0, 0.05) is 43.8 Å². The van der Waals surface area contributed by atoms with Crippen LogP contribution in [0.2, 0.25) is 5.15 Å². The SMILES string of the molecule is COC(=O)N[C@@H](CC/C=C/C(=O)N(C)C)C(=O)Cc1ccc(Cl)n(CC2=Nc3c(CC(C)C)ncc(F)c3C2)c1=O. The zero-order valence-corrected chi connectivity index (χ0v) is 24.6. The van der Waals surface area contributed by atoms with Crippen molar-refractivity contribution in [2.24, 2.45) is 10.9 Å². The van der Waals surface area contributed by atoms with Crippen LogP contribution in [0.25, 0.3) is 0 Å². The van der Waals surface area contributed by atoms with E-state index in [4.69, 9.17) is 11.6 Å². The van der Waals surface area contributed by atoms with Crippen molar-refractivity contribution in [1.82, 2.24) is 19.8 Å². The van der Waals surface area contributed by atoms with E-state index < -0.39 is 29.3 Å². The molecule has 0 saturated heterocycles. The predicted molar refractivity (Wildman–Crippen MR) is 154 cm³/mol. The number of fused-ring (bicyclic) bond motifs is 1. The number of pyridine rings is 2. The monoisotopic (exact) mass is 587 g/mol. The third-order valence-corrected chi connectivity index (χ3v) is 6.86. The third kappa shape index (κ3) is 8.32. The minimum atomic E-state index is -0.950. The van der Waals surface area contributed by atoms with E-state index >= 15 is 0 Å². The lowest BCUT2D eigenvalue weighted by Crippen LogP contribution is -2.42. The number of ketones is 1. The van der Waals surface area contributed by atoms with Crippen LogP contribution >= 0.6 is 11.6 Å². The van der Waals surface area contributed by atoms with Crippen LogP contribution in [-0.2, 0) is 40.1 Å². The lowest BCUT2D eigenvalue weighted by Gasteiger charge is -2.17. The van der Waals surface area contributed by atoms with E-state index in [2.05, 4.69) is 20.0 Å². The van der Waals surface area contributed by atoms with Crippen LogP contribution in [0.15, 0.2) is 40.3 Å². The first-order valence-corrected chi connectivity index (χ1v) is 13.6. The van der Waals surface area contributed by atoms with Crippen molar-refractivity contribution >= 4 is 40.8 Å². The number of nitrogens with one attached hydrogen (secondary N) is 1. The number of amides is 2. The summed E-state index contributed by atoms with van der Waals surface area (Å²) in [7, 11) is 4.42. The number of Topliss-reactive ketones (excluding diaryl/α,β-unsaturated/α-hetero) is 1. The molecule has 0 radical (unpaired) electrons. The Balaban J connectivity index is 1.79. The van der Waals surface area contributed by atoms with Crippen LogP contribution in [0.3, 0.4) is 0 Å². The van der Waals surface area contributed by atoms with Crippen LogP contribution in [0, 0.1) is 11.7 Å². The standard InChI is InChI=1S/C29H35ClFN5O5/c1-17(2)12-23-27-20(21(31)15-32-23)14-19(33-27)16-36-25(30)11-10-18(28(36)39)13-24(37)22(34-29(40)41-5)8-6-7-9-26(38)35(3)4/h7,9-11,15,17,22H,6,8,12-14,16H2,1-5H3,(H,34,40)/b9-7+/t22-/m0/s1. The molecule has 1 N–H and O–H groups in total. The lowest BCUT2D eigenvalue weighted by atomic mass is 10.0. The Bertz CT molecular complexity index is 1430. The summed E-state index contributed by atoms with van der Waals surface area (Å²) in [4.78, 5) is 60.4. The number of likely N-dealkylation sites (N-methyl/N-ethyl adjacent to an activating group) is 1. The van der Waals surface area contributed by atoms with Gasteiger partial charge in [0.2, 0.25) is 5.91 Å². The fraction of sp³-hybridized carbons (Fsp3) is 0.448. The van der Waals surface area contributed by atoms with Crippen molar-refractivity contribution in [2.75, 3.05) is 21.2 Å². The summed E-state index contributed by atoms with van der Waals surface area (Å²) in [6.45, 7) is 4.10. The molecule has 2 aromatic rings. The molecule has 12 heteroatoms. The van der Waals surface area contributed by atoms with Gasteiger partial charge in [-0.15, -0.1) is 0 Å². The van der Waals surface area contributed by atoms with Gasteiger partial charge in [-0.1, -0.05) is 37.6 Å². The maximum absolute atomic E-state index is 14.5. The molecule has 3 rings (SSSR count). The fourth-order valence-corrected chi connectivity index (χ4v) is 4.58. The predicted octanol–water partition coefficient (Wildman–Crippen LogP) is 3.82. The van der Waals surface area contributed by atoms with Gasteiger partial charge in [0.25, 0.3) is 5.56 Å². The zero-order chi connectivity index (χ0) is 30.3. The number of hydrogen-bond donors (Lipinski definition) is 1. The first-order valence-electron chi connectivity index (χ1n) is 13.3. The smallest absolute Gasteiger partial charge is 0.407 e. The number of halogens is 2. The molecule has 10 nitrogen and oxygen atoms in total. The second-order valence-electron chi connectivity index (χ2n) is 10.4. The Morgan fingerprint density at radius 1 is 1.27 bits per heavy atom. The van der Waals surface area contributed by atoms with Crippen LogP contribution in [0.5, 0.6) is 0 Å². The minimum Gasteiger partial charge on any atom is -0.453 e. The van der Waals surface area contributed by atoms with Crippen LogP contribution < -0.4 is 10.9 Å². The van der Waals surface area contributed by atoms with E-state index in [9.17, 15) is 23.6 Å². The quantitative estimate of drug-likeness (QED) is 0.297. The van der Waals surface area contributed by atoms with Gasteiger partial charge in [-0.05, 0) is 37.3 Å². The van der Waals surface area contributed by atoms with E-state index in [0.717, 1.165) is 0 Å². The zero-order valence-electron chi connectivity index (χ0n) is 23.9. The van der Waals surface area contributed by atoms with Crippen molar-refractivity contribution in [3.05, 3.63) is 68.6 Å². The van der Waals surface area contributed by atoms with E-state index in [-0.39, 0.29) is 42.4 Å². The molecular weight excluding hydrogens is 553 g/mol. The van der Waals surface area contributed by atoms with Gasteiger partial charge < -0.3 is 15.0 Å². The number of carbonyl (C=O) groups is 3. The topological polar surface area (TPSA) is 123 Å². The summed E-state index contributed by atoms with van der Waals surface area (Å²) in [5, 5.41) is 2.64. The second kappa shape index (κ2) is 14.2. The summed E-state index contributed by atoms with van der Waals surface area (Å²) in [5.41, 5.74) is 1.89. The van der Waals surface area contributed by atoms with Gasteiger partial charge in [0.1, 0.15) is 11.0 Å². The normalized spacial score (nSPS) is 13.2. The first kappa shape index (κ1) is 31.7. The molecule has 1 atom stereocenters. The molecular formula is C29H35ClFN5O5. The molecule has 2 aromatic heterocycles.